The first kappa shape index (κ1) is 26.7. The molecule has 2 rings (SSSR count). The van der Waals surface area contributed by atoms with E-state index in [1.165, 1.54) is 19.3 Å². The molecule has 1 saturated heterocycles. The van der Waals surface area contributed by atoms with Crippen LogP contribution in [-0.4, -0.2) is 40.2 Å². The van der Waals surface area contributed by atoms with Crippen LogP contribution in [-0.2, 0) is 26.8 Å². The van der Waals surface area contributed by atoms with E-state index in [-0.39, 0.29) is 27.9 Å². The number of likely N-dealkylation sites (tertiary alicyclic amines) is 1. The monoisotopic (exact) mass is 445 g/mol. The number of carbonyl (C=O) groups excluding carboxylic acids is 1. The minimum atomic E-state index is -0.172. The van der Waals surface area contributed by atoms with Crippen LogP contribution in [0.15, 0.2) is 12.1 Å². The van der Waals surface area contributed by atoms with Gasteiger partial charge in [0, 0.05) is 24.0 Å². The number of rotatable bonds is 6. The van der Waals surface area contributed by atoms with E-state index in [1.54, 1.807) is 0 Å². The Hall–Kier alpha value is -1.55. The average molecular weight is 446 g/mol. The molecule has 1 aromatic rings. The quantitative estimate of drug-likeness (QED) is 0.507. The molecule has 0 radical (unpaired) electrons. The second kappa shape index (κ2) is 9.37. The van der Waals surface area contributed by atoms with Crippen LogP contribution in [0, 0.1) is 0 Å². The molecule has 0 bridgehead atoms. The van der Waals surface area contributed by atoms with E-state index in [0.29, 0.717) is 25.2 Å². The normalized spacial score (nSPS) is 19.1. The van der Waals surface area contributed by atoms with Crippen LogP contribution in [0.4, 0.5) is 0 Å². The van der Waals surface area contributed by atoms with E-state index in [0.717, 1.165) is 23.2 Å². The summed E-state index contributed by atoms with van der Waals surface area (Å²) in [6, 6.07) is 4.10. The standard InChI is InChI=1S/C28H47NO3/c1-25(2,3)21-18-20(19-22(24(21)31)26(4,5)6)12-13-23(30)32-17-16-29-27(7,8)14-11-15-28(29,9)10/h18-19,31H,11-17H2,1-10H3. The first-order chi connectivity index (χ1) is 14.4. The van der Waals surface area contributed by atoms with Crippen molar-refractivity contribution in [2.24, 2.45) is 0 Å². The van der Waals surface area contributed by atoms with Gasteiger partial charge in [0.1, 0.15) is 12.4 Å². The van der Waals surface area contributed by atoms with Crippen LogP contribution in [0.2, 0.25) is 0 Å². The number of hydrogen-bond acceptors (Lipinski definition) is 4. The number of piperidine rings is 1. The molecular weight excluding hydrogens is 398 g/mol. The van der Waals surface area contributed by atoms with Crippen LogP contribution in [0.5, 0.6) is 5.75 Å². The van der Waals surface area contributed by atoms with Crippen LogP contribution in [0.1, 0.15) is 112 Å². The summed E-state index contributed by atoms with van der Waals surface area (Å²) >= 11 is 0. The van der Waals surface area contributed by atoms with E-state index in [9.17, 15) is 9.90 Å². The van der Waals surface area contributed by atoms with Crippen LogP contribution < -0.4 is 0 Å². The fraction of sp³-hybridized carbons (Fsp3) is 0.750. The Bertz CT molecular complexity index is 758. The number of ether oxygens (including phenoxy) is 1. The predicted molar refractivity (Wildman–Crippen MR) is 134 cm³/mol. The maximum atomic E-state index is 12.5. The van der Waals surface area contributed by atoms with Gasteiger partial charge in [0.15, 0.2) is 0 Å². The lowest BCUT2D eigenvalue weighted by atomic mass is 9.78. The molecule has 1 aromatic carbocycles. The molecule has 32 heavy (non-hydrogen) atoms. The summed E-state index contributed by atoms with van der Waals surface area (Å²) in [5.41, 5.74) is 2.86. The van der Waals surface area contributed by atoms with Crippen molar-refractivity contribution in [1.29, 1.82) is 0 Å². The van der Waals surface area contributed by atoms with Gasteiger partial charge in [-0.1, -0.05) is 53.7 Å². The zero-order valence-corrected chi connectivity index (χ0v) is 22.3. The van der Waals surface area contributed by atoms with Crippen molar-refractivity contribution in [3.05, 3.63) is 28.8 Å². The SMILES string of the molecule is CC(C)(C)c1cc(CCC(=O)OCCN2C(C)(C)CCCC2(C)C)cc(C(C)(C)C)c1O. The van der Waals surface area contributed by atoms with Crippen LogP contribution in [0.25, 0.3) is 0 Å². The van der Waals surface area contributed by atoms with Crippen molar-refractivity contribution in [3.63, 3.8) is 0 Å². The lowest BCUT2D eigenvalue weighted by Crippen LogP contribution is -2.59. The molecular formula is C28H47NO3. The van der Waals surface area contributed by atoms with Gasteiger partial charge in [0.05, 0.1) is 0 Å². The molecule has 4 nitrogen and oxygen atoms in total. The summed E-state index contributed by atoms with van der Waals surface area (Å²) in [6.45, 7) is 23.0. The summed E-state index contributed by atoms with van der Waals surface area (Å²) in [5, 5.41) is 10.9. The number of aryl methyl sites for hydroxylation is 1. The number of aromatic hydroxyl groups is 1. The molecule has 1 fully saturated rings. The Morgan fingerprint density at radius 2 is 1.44 bits per heavy atom. The largest absolute Gasteiger partial charge is 0.507 e. The van der Waals surface area contributed by atoms with Gasteiger partial charge in [-0.3, -0.25) is 9.69 Å². The molecule has 1 aliphatic rings. The second-order valence-electron chi connectivity index (χ2n) is 12.9. The lowest BCUT2D eigenvalue weighted by molar-refractivity contribution is -0.145. The van der Waals surface area contributed by atoms with Crippen molar-refractivity contribution in [3.8, 4) is 5.75 Å². The molecule has 0 saturated carbocycles. The van der Waals surface area contributed by atoms with Crippen molar-refractivity contribution in [1.82, 2.24) is 4.90 Å². The summed E-state index contributed by atoms with van der Waals surface area (Å²) in [4.78, 5) is 15.0. The first-order valence-corrected chi connectivity index (χ1v) is 12.3. The highest BCUT2D eigenvalue weighted by atomic mass is 16.5. The van der Waals surface area contributed by atoms with Gasteiger partial charge in [-0.15, -0.1) is 0 Å². The minimum Gasteiger partial charge on any atom is -0.507 e. The van der Waals surface area contributed by atoms with Crippen molar-refractivity contribution < 1.29 is 14.6 Å². The molecule has 0 aromatic heterocycles. The van der Waals surface area contributed by atoms with Crippen molar-refractivity contribution in [2.45, 2.75) is 123 Å². The summed E-state index contributed by atoms with van der Waals surface area (Å²) in [5.74, 6) is 0.225. The number of esters is 1. The maximum Gasteiger partial charge on any atom is 0.306 e. The van der Waals surface area contributed by atoms with Gasteiger partial charge in [-0.25, -0.2) is 0 Å². The maximum absolute atomic E-state index is 12.5. The Balaban J connectivity index is 2.02. The van der Waals surface area contributed by atoms with Gasteiger partial charge in [-0.2, -0.15) is 0 Å². The van der Waals surface area contributed by atoms with Crippen LogP contribution in [0.3, 0.4) is 0 Å². The highest BCUT2D eigenvalue weighted by Gasteiger charge is 2.40. The average Bonchev–Trinajstić information content (AvgIpc) is 2.60. The molecule has 1 aliphatic heterocycles. The summed E-state index contributed by atoms with van der Waals surface area (Å²) in [7, 11) is 0. The minimum absolute atomic E-state index is 0.132. The Morgan fingerprint density at radius 1 is 0.969 bits per heavy atom. The van der Waals surface area contributed by atoms with E-state index >= 15 is 0 Å². The van der Waals surface area contributed by atoms with E-state index in [1.807, 2.05) is 0 Å². The van der Waals surface area contributed by atoms with Crippen LogP contribution >= 0.6 is 0 Å². The third kappa shape index (κ3) is 6.50. The number of hydrogen-bond donors (Lipinski definition) is 1. The Morgan fingerprint density at radius 3 is 1.88 bits per heavy atom. The Kier molecular flexibility index (Phi) is 7.81. The number of carbonyl (C=O) groups is 1. The molecule has 0 unspecified atom stereocenters. The van der Waals surface area contributed by atoms with Gasteiger partial charge in [0.25, 0.3) is 0 Å². The summed E-state index contributed by atoms with van der Waals surface area (Å²) < 4.78 is 5.64. The van der Waals surface area contributed by atoms with Crippen molar-refractivity contribution >= 4 is 5.97 Å². The van der Waals surface area contributed by atoms with Crippen molar-refractivity contribution in [2.75, 3.05) is 13.2 Å². The first-order valence-electron chi connectivity index (χ1n) is 12.3. The molecule has 182 valence electrons. The zero-order valence-electron chi connectivity index (χ0n) is 22.3. The van der Waals surface area contributed by atoms with Gasteiger partial charge in [0.2, 0.25) is 0 Å². The van der Waals surface area contributed by atoms with E-state index in [4.69, 9.17) is 4.74 Å². The van der Waals surface area contributed by atoms with E-state index < -0.39 is 0 Å². The molecule has 1 N–H and O–H groups in total. The second-order valence-corrected chi connectivity index (χ2v) is 12.9. The topological polar surface area (TPSA) is 49.8 Å². The molecule has 0 atom stereocenters. The smallest absolute Gasteiger partial charge is 0.306 e. The highest BCUT2D eigenvalue weighted by molar-refractivity contribution is 5.69. The fourth-order valence-electron chi connectivity index (χ4n) is 5.20. The number of benzene rings is 1. The molecule has 0 amide bonds. The van der Waals surface area contributed by atoms with Gasteiger partial charge in [-0.05, 0) is 80.9 Å². The fourth-order valence-corrected chi connectivity index (χ4v) is 5.20. The lowest BCUT2D eigenvalue weighted by Gasteiger charge is -2.52. The molecule has 0 spiro atoms. The molecule has 0 aliphatic carbocycles. The Labute approximate surface area is 196 Å². The molecule has 1 heterocycles. The zero-order chi connectivity index (χ0) is 24.5. The predicted octanol–water partition coefficient (Wildman–Crippen LogP) is 6.51. The third-order valence-electron chi connectivity index (χ3n) is 7.02. The number of phenols is 1. The van der Waals surface area contributed by atoms with Gasteiger partial charge >= 0.3 is 5.97 Å². The highest BCUT2D eigenvalue weighted by Crippen LogP contribution is 2.40. The van der Waals surface area contributed by atoms with E-state index in [2.05, 4.69) is 86.3 Å². The molecule has 4 heteroatoms. The number of nitrogens with zero attached hydrogens (tertiary/aromatic N) is 1. The third-order valence-corrected chi connectivity index (χ3v) is 7.02. The number of phenolic OH excluding ortho intramolecular Hbond substituents is 1. The summed E-state index contributed by atoms with van der Waals surface area (Å²) in [6.07, 6.45) is 4.57. The van der Waals surface area contributed by atoms with Gasteiger partial charge < -0.3 is 9.84 Å².